The van der Waals surface area contributed by atoms with E-state index in [9.17, 15) is 0 Å². The molecule has 1 atom stereocenters. The topological polar surface area (TPSA) is 43.2 Å². The number of thioether (sulfide) groups is 1. The van der Waals surface area contributed by atoms with Crippen LogP contribution in [0.4, 0.5) is 11.6 Å². The van der Waals surface area contributed by atoms with Gasteiger partial charge >= 0.3 is 0 Å². The van der Waals surface area contributed by atoms with E-state index in [1.54, 1.807) is 18.9 Å². The molecule has 0 saturated heterocycles. The van der Waals surface area contributed by atoms with E-state index < -0.39 is 0 Å². The van der Waals surface area contributed by atoms with Gasteiger partial charge in [-0.05, 0) is 36.8 Å². The van der Waals surface area contributed by atoms with E-state index in [4.69, 9.17) is 4.74 Å². The molecular formula is C19H20N4OS. The molecule has 0 fully saturated rings. The number of ether oxygens (including phenoxy) is 1. The van der Waals surface area contributed by atoms with Gasteiger partial charge in [0.25, 0.3) is 0 Å². The number of aromatic nitrogens is 3. The van der Waals surface area contributed by atoms with Crippen molar-refractivity contribution >= 4 is 23.4 Å². The van der Waals surface area contributed by atoms with Crippen LogP contribution in [0.3, 0.4) is 0 Å². The number of benzene rings is 2. The van der Waals surface area contributed by atoms with Crippen LogP contribution in [0, 0.1) is 0 Å². The molecule has 0 bridgehead atoms. The fourth-order valence-corrected chi connectivity index (χ4v) is 4.02. The van der Waals surface area contributed by atoms with E-state index in [-0.39, 0.29) is 0 Å². The SMILES string of the molecule is COc1ccc(N2CCn3c(SC(C)c4ccccc4)nnc32)cc1. The fourth-order valence-electron chi connectivity index (χ4n) is 3.02. The van der Waals surface area contributed by atoms with Gasteiger partial charge in [0.05, 0.1) is 7.11 Å². The normalized spacial score (nSPS) is 14.4. The first-order chi connectivity index (χ1) is 12.3. The second-order valence-electron chi connectivity index (χ2n) is 5.95. The highest BCUT2D eigenvalue weighted by Gasteiger charge is 2.27. The van der Waals surface area contributed by atoms with E-state index >= 15 is 0 Å². The zero-order valence-electron chi connectivity index (χ0n) is 14.3. The van der Waals surface area contributed by atoms with Gasteiger partial charge < -0.3 is 9.64 Å². The first-order valence-corrected chi connectivity index (χ1v) is 9.20. The van der Waals surface area contributed by atoms with Crippen LogP contribution in [0.15, 0.2) is 59.8 Å². The van der Waals surface area contributed by atoms with Gasteiger partial charge in [-0.25, -0.2) is 0 Å². The van der Waals surface area contributed by atoms with Crippen molar-refractivity contribution in [3.63, 3.8) is 0 Å². The molecule has 0 amide bonds. The maximum absolute atomic E-state index is 5.24. The van der Waals surface area contributed by atoms with Crippen LogP contribution in [0.5, 0.6) is 5.75 Å². The van der Waals surface area contributed by atoms with Crippen LogP contribution in [0.1, 0.15) is 17.7 Å². The summed E-state index contributed by atoms with van der Waals surface area (Å²) in [6.07, 6.45) is 0. The van der Waals surface area contributed by atoms with Gasteiger partial charge in [-0.15, -0.1) is 10.2 Å². The van der Waals surface area contributed by atoms with Crippen molar-refractivity contribution in [3.05, 3.63) is 60.2 Å². The number of hydrogen-bond acceptors (Lipinski definition) is 5. The highest BCUT2D eigenvalue weighted by Crippen LogP contribution is 2.38. The molecule has 5 nitrogen and oxygen atoms in total. The molecule has 2 heterocycles. The number of rotatable bonds is 5. The molecule has 25 heavy (non-hydrogen) atoms. The van der Waals surface area contributed by atoms with Crippen LogP contribution in [-0.4, -0.2) is 28.4 Å². The molecule has 6 heteroatoms. The van der Waals surface area contributed by atoms with Crippen molar-refractivity contribution in [1.82, 2.24) is 14.8 Å². The maximum atomic E-state index is 5.24. The second-order valence-corrected chi connectivity index (χ2v) is 7.26. The van der Waals surface area contributed by atoms with Gasteiger partial charge in [-0.1, -0.05) is 42.1 Å². The number of anilines is 2. The average Bonchev–Trinajstić information content (AvgIpc) is 3.25. The minimum Gasteiger partial charge on any atom is -0.497 e. The predicted molar refractivity (Wildman–Crippen MR) is 101 cm³/mol. The maximum Gasteiger partial charge on any atom is 0.232 e. The number of nitrogens with zero attached hydrogens (tertiary/aromatic N) is 4. The minimum absolute atomic E-state index is 0.338. The molecule has 1 aromatic heterocycles. The highest BCUT2D eigenvalue weighted by atomic mass is 32.2. The quantitative estimate of drug-likeness (QED) is 0.641. The Morgan fingerprint density at radius 1 is 1.00 bits per heavy atom. The van der Waals surface area contributed by atoms with Gasteiger partial charge in [0.15, 0.2) is 5.16 Å². The summed E-state index contributed by atoms with van der Waals surface area (Å²) < 4.78 is 7.44. The van der Waals surface area contributed by atoms with E-state index in [0.717, 1.165) is 35.6 Å². The van der Waals surface area contributed by atoms with Crippen LogP contribution in [0.2, 0.25) is 0 Å². The lowest BCUT2D eigenvalue weighted by atomic mass is 10.2. The Kier molecular flexibility index (Phi) is 4.36. The standard InChI is InChI=1S/C19H20N4OS/c1-14(15-6-4-3-5-7-15)25-19-21-20-18-22(12-13-23(18)19)16-8-10-17(24-2)11-9-16/h3-11,14H,12-13H2,1-2H3. The third kappa shape index (κ3) is 3.09. The smallest absolute Gasteiger partial charge is 0.232 e. The average molecular weight is 352 g/mol. The molecular weight excluding hydrogens is 332 g/mol. The van der Waals surface area contributed by atoms with E-state index in [1.165, 1.54) is 5.56 Å². The van der Waals surface area contributed by atoms with Crippen LogP contribution >= 0.6 is 11.8 Å². The first kappa shape index (κ1) is 16.0. The molecule has 1 aliphatic heterocycles. The van der Waals surface area contributed by atoms with Crippen molar-refractivity contribution in [2.24, 2.45) is 0 Å². The van der Waals surface area contributed by atoms with E-state index in [2.05, 4.69) is 63.0 Å². The van der Waals surface area contributed by atoms with Gasteiger partial charge in [0.2, 0.25) is 5.95 Å². The summed E-state index contributed by atoms with van der Waals surface area (Å²) >= 11 is 1.75. The predicted octanol–water partition coefficient (Wildman–Crippen LogP) is 4.29. The Labute approximate surface area is 151 Å². The zero-order valence-corrected chi connectivity index (χ0v) is 15.1. The lowest BCUT2D eigenvalue weighted by molar-refractivity contribution is 0.415. The molecule has 3 aromatic rings. The molecule has 1 aliphatic rings. The largest absolute Gasteiger partial charge is 0.497 e. The summed E-state index contributed by atoms with van der Waals surface area (Å²) in [5.74, 6) is 1.77. The molecule has 0 radical (unpaired) electrons. The second kappa shape index (κ2) is 6.80. The lowest BCUT2D eigenvalue weighted by Crippen LogP contribution is -2.14. The molecule has 0 spiro atoms. The van der Waals surface area contributed by atoms with Gasteiger partial charge in [-0.2, -0.15) is 0 Å². The van der Waals surface area contributed by atoms with Crippen LogP contribution < -0.4 is 9.64 Å². The lowest BCUT2D eigenvalue weighted by Gasteiger charge is -2.15. The Balaban J connectivity index is 1.55. The van der Waals surface area contributed by atoms with Crippen molar-refractivity contribution in [2.75, 3.05) is 18.6 Å². The number of hydrogen-bond donors (Lipinski definition) is 0. The fraction of sp³-hybridized carbons (Fsp3) is 0.263. The third-order valence-corrected chi connectivity index (χ3v) is 5.56. The number of methoxy groups -OCH3 is 1. The van der Waals surface area contributed by atoms with E-state index in [1.807, 2.05) is 18.2 Å². The monoisotopic (exact) mass is 352 g/mol. The molecule has 2 aromatic carbocycles. The molecule has 4 rings (SSSR count). The molecule has 1 unspecified atom stereocenters. The third-order valence-electron chi connectivity index (χ3n) is 4.42. The molecule has 128 valence electrons. The van der Waals surface area contributed by atoms with Gasteiger partial charge in [0.1, 0.15) is 5.75 Å². The summed E-state index contributed by atoms with van der Waals surface area (Å²) in [6.45, 7) is 4.01. The minimum atomic E-state index is 0.338. The van der Waals surface area contributed by atoms with Crippen molar-refractivity contribution in [3.8, 4) is 5.75 Å². The Bertz CT molecular complexity index is 848. The van der Waals surface area contributed by atoms with Crippen molar-refractivity contribution in [1.29, 1.82) is 0 Å². The van der Waals surface area contributed by atoms with Crippen molar-refractivity contribution < 1.29 is 4.74 Å². The summed E-state index contributed by atoms with van der Waals surface area (Å²) in [5.41, 5.74) is 2.41. The Morgan fingerprint density at radius 2 is 1.76 bits per heavy atom. The van der Waals surface area contributed by atoms with E-state index in [0.29, 0.717) is 5.25 Å². The summed E-state index contributed by atoms with van der Waals surface area (Å²) in [6, 6.07) is 18.6. The molecule has 0 N–H and O–H groups in total. The summed E-state index contributed by atoms with van der Waals surface area (Å²) in [4.78, 5) is 2.20. The van der Waals surface area contributed by atoms with Crippen LogP contribution in [-0.2, 0) is 6.54 Å². The zero-order chi connectivity index (χ0) is 17.2. The molecule has 0 aliphatic carbocycles. The summed E-state index contributed by atoms with van der Waals surface area (Å²) in [7, 11) is 1.68. The Morgan fingerprint density at radius 3 is 2.48 bits per heavy atom. The van der Waals surface area contributed by atoms with Gasteiger partial charge in [0, 0.05) is 24.0 Å². The van der Waals surface area contributed by atoms with Crippen molar-refractivity contribution in [2.45, 2.75) is 23.9 Å². The highest BCUT2D eigenvalue weighted by molar-refractivity contribution is 7.99. The first-order valence-electron chi connectivity index (χ1n) is 8.32. The van der Waals surface area contributed by atoms with Crippen LogP contribution in [0.25, 0.3) is 0 Å². The van der Waals surface area contributed by atoms with Gasteiger partial charge in [-0.3, -0.25) is 4.57 Å². The Hall–Kier alpha value is -2.47. The number of fused-ring (bicyclic) bond motifs is 1. The summed E-state index contributed by atoms with van der Waals surface area (Å²) in [5, 5.41) is 10.2. The molecule has 0 saturated carbocycles.